The van der Waals surface area contributed by atoms with Gasteiger partial charge in [0, 0.05) is 26.4 Å². The number of likely N-dealkylation sites (N-methyl/N-ethyl adjacent to an activating group) is 1. The monoisotopic (exact) mass is 282 g/mol. The average Bonchev–Trinajstić information content (AvgIpc) is 2.38. The number of carbonyl (C=O) groups excluding carboxylic acids is 1. The molecule has 6 nitrogen and oxygen atoms in total. The molecule has 0 aliphatic heterocycles. The Morgan fingerprint density at radius 1 is 1.50 bits per heavy atom. The fraction of sp³-hybridized carbons (Fsp3) is 0.500. The predicted octanol–water partition coefficient (Wildman–Crippen LogP) is 0.747. The number of methoxy groups -OCH3 is 1. The molecule has 0 aliphatic rings. The second-order valence-corrected chi connectivity index (χ2v) is 4.45. The van der Waals surface area contributed by atoms with Crippen LogP contribution in [0.2, 0.25) is 0 Å². The second-order valence-electron chi connectivity index (χ2n) is 4.45. The van der Waals surface area contributed by atoms with Gasteiger partial charge < -0.3 is 25.2 Å². The van der Waals surface area contributed by atoms with Crippen molar-refractivity contribution < 1.29 is 19.4 Å². The summed E-state index contributed by atoms with van der Waals surface area (Å²) in [7, 11) is 3.09. The third kappa shape index (κ3) is 4.11. The molecule has 1 aromatic carbocycles. The van der Waals surface area contributed by atoms with E-state index in [4.69, 9.17) is 15.2 Å². The number of aliphatic hydroxyl groups is 1. The molecule has 3 N–H and O–H groups in total. The van der Waals surface area contributed by atoms with Gasteiger partial charge in [-0.1, -0.05) is 6.07 Å². The van der Waals surface area contributed by atoms with Gasteiger partial charge in [0.2, 0.25) is 0 Å². The summed E-state index contributed by atoms with van der Waals surface area (Å²) in [4.78, 5) is 13.8. The molecule has 0 aromatic heterocycles. The largest absolute Gasteiger partial charge is 0.493 e. The molecule has 6 heteroatoms. The summed E-state index contributed by atoms with van der Waals surface area (Å²) in [5.41, 5.74) is 6.54. The van der Waals surface area contributed by atoms with Crippen molar-refractivity contribution in [2.24, 2.45) is 0 Å². The van der Waals surface area contributed by atoms with Crippen molar-refractivity contribution in [3.05, 3.63) is 23.8 Å². The first-order valence-electron chi connectivity index (χ1n) is 6.45. The molecule has 0 radical (unpaired) electrons. The van der Waals surface area contributed by atoms with E-state index in [0.717, 1.165) is 0 Å². The molecule has 20 heavy (non-hydrogen) atoms. The Labute approximate surface area is 119 Å². The Hall–Kier alpha value is -1.79. The van der Waals surface area contributed by atoms with Crippen LogP contribution in [-0.2, 0) is 4.74 Å². The van der Waals surface area contributed by atoms with Crippen LogP contribution in [0.1, 0.15) is 17.3 Å². The van der Waals surface area contributed by atoms with Crippen molar-refractivity contribution >= 4 is 11.6 Å². The van der Waals surface area contributed by atoms with Crippen LogP contribution in [0.25, 0.3) is 0 Å². The molecule has 0 spiro atoms. The average molecular weight is 282 g/mol. The van der Waals surface area contributed by atoms with Gasteiger partial charge in [-0.05, 0) is 19.1 Å². The molecule has 1 rings (SSSR count). The first-order chi connectivity index (χ1) is 9.51. The first-order valence-corrected chi connectivity index (χ1v) is 6.45. The number of nitrogens with two attached hydrogens (primary N) is 1. The maximum Gasteiger partial charge on any atom is 0.259 e. The standard InChI is InChI=1S/C14H22N2O4/c1-4-20-12-7-5-6-11(15)13(12)14(18)16(2)8-10(17)9-19-3/h5-7,10,17H,4,8-9,15H2,1-3H3. The molecular formula is C14H22N2O4. The first kappa shape index (κ1) is 16.3. The lowest BCUT2D eigenvalue weighted by Crippen LogP contribution is -2.36. The fourth-order valence-corrected chi connectivity index (χ4v) is 1.89. The van der Waals surface area contributed by atoms with Crippen molar-refractivity contribution in [1.29, 1.82) is 0 Å². The Kier molecular flexibility index (Phi) is 6.27. The maximum atomic E-state index is 12.4. The highest BCUT2D eigenvalue weighted by molar-refractivity contribution is 6.01. The van der Waals surface area contributed by atoms with E-state index in [1.165, 1.54) is 12.0 Å². The highest BCUT2D eigenvalue weighted by Gasteiger charge is 2.21. The summed E-state index contributed by atoms with van der Waals surface area (Å²) in [6.45, 7) is 2.61. The highest BCUT2D eigenvalue weighted by Crippen LogP contribution is 2.25. The number of hydrogen-bond acceptors (Lipinski definition) is 5. The third-order valence-electron chi connectivity index (χ3n) is 2.76. The van der Waals surface area contributed by atoms with Crippen LogP contribution in [0.5, 0.6) is 5.75 Å². The zero-order chi connectivity index (χ0) is 15.1. The van der Waals surface area contributed by atoms with E-state index in [-0.39, 0.29) is 19.1 Å². The van der Waals surface area contributed by atoms with Crippen molar-refractivity contribution in [2.75, 3.05) is 39.6 Å². The normalized spacial score (nSPS) is 12.0. The number of ether oxygens (including phenoxy) is 2. The Balaban J connectivity index is 2.90. The fourth-order valence-electron chi connectivity index (χ4n) is 1.89. The number of aliphatic hydroxyl groups excluding tert-OH is 1. The Morgan fingerprint density at radius 3 is 2.80 bits per heavy atom. The predicted molar refractivity (Wildman–Crippen MR) is 76.9 cm³/mol. The van der Waals surface area contributed by atoms with Crippen LogP contribution in [0.15, 0.2) is 18.2 Å². The van der Waals surface area contributed by atoms with Crippen molar-refractivity contribution in [3.8, 4) is 5.75 Å². The van der Waals surface area contributed by atoms with Crippen LogP contribution in [0.4, 0.5) is 5.69 Å². The van der Waals surface area contributed by atoms with Gasteiger partial charge in [0.1, 0.15) is 11.3 Å². The summed E-state index contributed by atoms with van der Waals surface area (Å²) in [5.74, 6) is 0.160. The van der Waals surface area contributed by atoms with Crippen LogP contribution < -0.4 is 10.5 Å². The van der Waals surface area contributed by atoms with E-state index < -0.39 is 6.10 Å². The van der Waals surface area contributed by atoms with Crippen LogP contribution >= 0.6 is 0 Å². The minimum Gasteiger partial charge on any atom is -0.493 e. The summed E-state index contributed by atoms with van der Waals surface area (Å²) in [6, 6.07) is 5.08. The maximum absolute atomic E-state index is 12.4. The molecule has 112 valence electrons. The lowest BCUT2D eigenvalue weighted by Gasteiger charge is -2.22. The van der Waals surface area contributed by atoms with Crippen LogP contribution in [-0.4, -0.2) is 55.9 Å². The molecule has 0 fully saturated rings. The van der Waals surface area contributed by atoms with Crippen LogP contribution in [0.3, 0.4) is 0 Å². The molecule has 0 saturated heterocycles. The number of benzene rings is 1. The second kappa shape index (κ2) is 7.72. The smallest absolute Gasteiger partial charge is 0.259 e. The highest BCUT2D eigenvalue weighted by atomic mass is 16.5. The van der Waals surface area contributed by atoms with E-state index in [1.54, 1.807) is 25.2 Å². The number of amides is 1. The quantitative estimate of drug-likeness (QED) is 0.721. The summed E-state index contributed by atoms with van der Waals surface area (Å²) in [6.07, 6.45) is -0.741. The molecule has 0 aliphatic carbocycles. The molecule has 1 unspecified atom stereocenters. The molecule has 0 heterocycles. The Morgan fingerprint density at radius 2 is 2.20 bits per heavy atom. The Bertz CT molecular complexity index is 451. The number of hydrogen-bond donors (Lipinski definition) is 2. The minimum absolute atomic E-state index is 0.159. The number of nitrogens with zero attached hydrogens (tertiary/aromatic N) is 1. The van der Waals surface area contributed by atoms with Gasteiger partial charge in [0.05, 0.1) is 19.3 Å². The zero-order valence-corrected chi connectivity index (χ0v) is 12.1. The van der Waals surface area contributed by atoms with E-state index in [2.05, 4.69) is 0 Å². The summed E-state index contributed by atoms with van der Waals surface area (Å²) < 4.78 is 10.3. The van der Waals surface area contributed by atoms with Gasteiger partial charge in [-0.2, -0.15) is 0 Å². The summed E-state index contributed by atoms with van der Waals surface area (Å²) >= 11 is 0. The SMILES string of the molecule is CCOc1cccc(N)c1C(=O)N(C)CC(O)COC. The third-order valence-corrected chi connectivity index (χ3v) is 2.76. The van der Waals surface area contributed by atoms with Crippen LogP contribution in [0, 0.1) is 0 Å². The van der Waals surface area contributed by atoms with Gasteiger partial charge in [-0.15, -0.1) is 0 Å². The molecular weight excluding hydrogens is 260 g/mol. The molecule has 0 bridgehead atoms. The number of rotatable bonds is 7. The molecule has 1 amide bonds. The van der Waals surface area contributed by atoms with Crippen molar-refractivity contribution in [1.82, 2.24) is 4.90 Å². The van der Waals surface area contributed by atoms with E-state index in [0.29, 0.717) is 23.6 Å². The topological polar surface area (TPSA) is 85.0 Å². The zero-order valence-electron chi connectivity index (χ0n) is 12.1. The van der Waals surface area contributed by atoms with Gasteiger partial charge in [0.25, 0.3) is 5.91 Å². The number of anilines is 1. The lowest BCUT2D eigenvalue weighted by atomic mass is 10.1. The van der Waals surface area contributed by atoms with Gasteiger partial charge in [-0.25, -0.2) is 0 Å². The van der Waals surface area contributed by atoms with E-state index in [9.17, 15) is 9.90 Å². The number of carbonyl (C=O) groups is 1. The lowest BCUT2D eigenvalue weighted by molar-refractivity contribution is 0.0379. The van der Waals surface area contributed by atoms with Gasteiger partial charge in [-0.3, -0.25) is 4.79 Å². The minimum atomic E-state index is -0.741. The van der Waals surface area contributed by atoms with Crippen molar-refractivity contribution in [3.63, 3.8) is 0 Å². The van der Waals surface area contributed by atoms with Gasteiger partial charge >= 0.3 is 0 Å². The van der Waals surface area contributed by atoms with Gasteiger partial charge in [0.15, 0.2) is 0 Å². The van der Waals surface area contributed by atoms with E-state index >= 15 is 0 Å². The van der Waals surface area contributed by atoms with Crippen molar-refractivity contribution in [2.45, 2.75) is 13.0 Å². The van der Waals surface area contributed by atoms with E-state index in [1.807, 2.05) is 6.92 Å². The molecule has 1 aromatic rings. The number of nitrogen functional groups attached to an aromatic ring is 1. The summed E-state index contributed by atoms with van der Waals surface area (Å²) in [5, 5.41) is 9.68. The molecule has 1 atom stereocenters. The molecule has 0 saturated carbocycles.